The van der Waals surface area contributed by atoms with Crippen LogP contribution in [0.25, 0.3) is 10.9 Å². The maximum Gasteiger partial charge on any atom is 0.270 e. The molecular formula is C19H21FN4O3. The summed E-state index contributed by atoms with van der Waals surface area (Å²) in [5, 5.41) is 16.1. The van der Waals surface area contributed by atoms with E-state index < -0.39 is 4.92 Å². The summed E-state index contributed by atoms with van der Waals surface area (Å²) in [6, 6.07) is 10.9. The molecule has 0 aliphatic rings. The van der Waals surface area contributed by atoms with Crippen LogP contribution in [0.5, 0.6) is 5.88 Å². The van der Waals surface area contributed by atoms with Crippen molar-refractivity contribution in [3.8, 4) is 5.88 Å². The van der Waals surface area contributed by atoms with Crippen molar-refractivity contribution in [3.63, 3.8) is 0 Å². The number of benzene rings is 2. The number of nitro groups is 1. The van der Waals surface area contributed by atoms with E-state index in [9.17, 15) is 14.5 Å². The lowest BCUT2D eigenvalue weighted by Gasteiger charge is -2.09. The second kappa shape index (κ2) is 8.13. The van der Waals surface area contributed by atoms with Gasteiger partial charge in [-0.05, 0) is 32.6 Å². The average molecular weight is 372 g/mol. The van der Waals surface area contributed by atoms with Gasteiger partial charge in [0.05, 0.1) is 29.0 Å². The number of hydrogen-bond acceptors (Lipinski definition) is 5. The Morgan fingerprint density at radius 3 is 2.74 bits per heavy atom. The Balaban J connectivity index is 1.93. The summed E-state index contributed by atoms with van der Waals surface area (Å²) < 4.78 is 21.4. The van der Waals surface area contributed by atoms with Crippen LogP contribution < -0.4 is 4.74 Å². The molecule has 1 aromatic heterocycles. The standard InChI is InChI=1S/C19H21FN4O3/c1-22(2)10-5-11-27-19-16-12-15(24(25)26)8-9-18(16)23(21-19)13-14-6-3-4-7-17(14)20/h3-4,6-9,12H,5,10-11,13H2,1-2H3. The van der Waals surface area contributed by atoms with Crippen LogP contribution in [0.4, 0.5) is 10.1 Å². The zero-order chi connectivity index (χ0) is 19.4. The van der Waals surface area contributed by atoms with Gasteiger partial charge in [-0.2, -0.15) is 0 Å². The van der Waals surface area contributed by atoms with Gasteiger partial charge in [0.25, 0.3) is 5.69 Å². The lowest BCUT2D eigenvalue weighted by atomic mass is 10.2. The molecule has 1 heterocycles. The van der Waals surface area contributed by atoms with E-state index >= 15 is 0 Å². The molecule has 0 aliphatic carbocycles. The first-order valence-corrected chi connectivity index (χ1v) is 8.61. The van der Waals surface area contributed by atoms with Crippen LogP contribution in [0, 0.1) is 15.9 Å². The molecule has 142 valence electrons. The molecule has 27 heavy (non-hydrogen) atoms. The maximum atomic E-state index is 14.0. The highest BCUT2D eigenvalue weighted by atomic mass is 19.1. The topological polar surface area (TPSA) is 73.4 Å². The molecule has 0 atom stereocenters. The molecule has 0 amide bonds. The highest BCUT2D eigenvalue weighted by molar-refractivity contribution is 5.86. The Labute approximate surface area is 156 Å². The number of halogens is 1. The van der Waals surface area contributed by atoms with Crippen LogP contribution >= 0.6 is 0 Å². The number of fused-ring (bicyclic) bond motifs is 1. The highest BCUT2D eigenvalue weighted by Gasteiger charge is 2.17. The molecule has 0 spiro atoms. The van der Waals surface area contributed by atoms with Gasteiger partial charge in [0.1, 0.15) is 5.82 Å². The second-order valence-corrected chi connectivity index (χ2v) is 6.52. The predicted octanol–water partition coefficient (Wildman–Crippen LogP) is 3.46. The highest BCUT2D eigenvalue weighted by Crippen LogP contribution is 2.29. The average Bonchev–Trinajstić information content (AvgIpc) is 2.97. The third-order valence-corrected chi connectivity index (χ3v) is 4.18. The van der Waals surface area contributed by atoms with Gasteiger partial charge in [-0.3, -0.25) is 14.8 Å². The molecule has 0 bridgehead atoms. The van der Waals surface area contributed by atoms with Crippen LogP contribution in [0.1, 0.15) is 12.0 Å². The van der Waals surface area contributed by atoms with Crippen molar-refractivity contribution in [1.29, 1.82) is 0 Å². The van der Waals surface area contributed by atoms with E-state index in [4.69, 9.17) is 4.74 Å². The maximum absolute atomic E-state index is 14.0. The minimum atomic E-state index is -0.455. The fourth-order valence-corrected chi connectivity index (χ4v) is 2.82. The molecule has 0 unspecified atom stereocenters. The fraction of sp³-hybridized carbons (Fsp3) is 0.316. The van der Waals surface area contributed by atoms with Crippen LogP contribution in [-0.2, 0) is 6.54 Å². The third kappa shape index (κ3) is 4.40. The summed E-state index contributed by atoms with van der Waals surface area (Å²) in [6.45, 7) is 1.50. The van der Waals surface area contributed by atoms with Gasteiger partial charge in [-0.1, -0.05) is 18.2 Å². The summed E-state index contributed by atoms with van der Waals surface area (Å²) in [7, 11) is 3.95. The monoisotopic (exact) mass is 372 g/mol. The summed E-state index contributed by atoms with van der Waals surface area (Å²) in [5.41, 5.74) is 1.11. The first-order valence-electron chi connectivity index (χ1n) is 8.61. The first-order chi connectivity index (χ1) is 13.0. The van der Waals surface area contributed by atoms with Crippen molar-refractivity contribution < 1.29 is 14.1 Å². The van der Waals surface area contributed by atoms with E-state index in [1.807, 2.05) is 19.0 Å². The van der Waals surface area contributed by atoms with Crippen molar-refractivity contribution in [2.45, 2.75) is 13.0 Å². The van der Waals surface area contributed by atoms with Crippen LogP contribution in [0.3, 0.4) is 0 Å². The zero-order valence-corrected chi connectivity index (χ0v) is 15.3. The van der Waals surface area contributed by atoms with Gasteiger partial charge in [0, 0.05) is 24.2 Å². The summed E-state index contributed by atoms with van der Waals surface area (Å²) >= 11 is 0. The smallest absolute Gasteiger partial charge is 0.270 e. The summed E-state index contributed by atoms with van der Waals surface area (Å²) in [6.07, 6.45) is 0.795. The zero-order valence-electron chi connectivity index (χ0n) is 15.3. The Morgan fingerprint density at radius 2 is 2.04 bits per heavy atom. The molecular weight excluding hydrogens is 351 g/mol. The molecule has 8 heteroatoms. The SMILES string of the molecule is CN(C)CCCOc1nn(Cc2ccccc2F)c2ccc([N+](=O)[O-])cc12. The molecule has 2 aromatic carbocycles. The number of rotatable bonds is 8. The molecule has 3 aromatic rings. The van der Waals surface area contributed by atoms with E-state index in [2.05, 4.69) is 5.10 Å². The van der Waals surface area contributed by atoms with E-state index in [1.165, 1.54) is 18.2 Å². The molecule has 0 N–H and O–H groups in total. The van der Waals surface area contributed by atoms with Crippen molar-refractivity contribution in [1.82, 2.24) is 14.7 Å². The van der Waals surface area contributed by atoms with Crippen molar-refractivity contribution in [2.75, 3.05) is 27.2 Å². The van der Waals surface area contributed by atoms with Gasteiger partial charge >= 0.3 is 0 Å². The summed E-state index contributed by atoms with van der Waals surface area (Å²) in [4.78, 5) is 12.7. The molecule has 3 rings (SSSR count). The van der Waals surface area contributed by atoms with Crippen LogP contribution in [0.15, 0.2) is 42.5 Å². The van der Waals surface area contributed by atoms with Gasteiger partial charge in [-0.25, -0.2) is 4.39 Å². The number of aromatic nitrogens is 2. The van der Waals surface area contributed by atoms with Gasteiger partial charge in [0.2, 0.25) is 5.88 Å². The molecule has 0 aliphatic heterocycles. The van der Waals surface area contributed by atoms with Crippen LogP contribution in [-0.4, -0.2) is 46.9 Å². The van der Waals surface area contributed by atoms with Crippen molar-refractivity contribution in [2.24, 2.45) is 0 Å². The van der Waals surface area contributed by atoms with Crippen LogP contribution in [0.2, 0.25) is 0 Å². The van der Waals surface area contributed by atoms with E-state index in [-0.39, 0.29) is 18.0 Å². The Hall–Kier alpha value is -3.00. The number of non-ortho nitro benzene ring substituents is 1. The number of hydrogen-bond donors (Lipinski definition) is 0. The van der Waals surface area contributed by atoms with E-state index in [0.29, 0.717) is 29.0 Å². The Bertz CT molecular complexity index is 955. The van der Waals surface area contributed by atoms with E-state index in [0.717, 1.165) is 13.0 Å². The molecule has 7 nitrogen and oxygen atoms in total. The lowest BCUT2D eigenvalue weighted by molar-refractivity contribution is -0.384. The largest absolute Gasteiger partial charge is 0.476 e. The Kier molecular flexibility index (Phi) is 5.66. The minimum absolute atomic E-state index is 0.0360. The molecule has 0 saturated carbocycles. The normalized spacial score (nSPS) is 11.3. The Morgan fingerprint density at radius 1 is 1.26 bits per heavy atom. The van der Waals surface area contributed by atoms with Crippen molar-refractivity contribution >= 4 is 16.6 Å². The minimum Gasteiger partial charge on any atom is -0.476 e. The number of nitro benzene ring substituents is 1. The molecule has 0 fully saturated rings. The first kappa shape index (κ1) is 18.8. The van der Waals surface area contributed by atoms with Crippen molar-refractivity contribution in [3.05, 3.63) is 64.0 Å². The predicted molar refractivity (Wildman–Crippen MR) is 101 cm³/mol. The summed E-state index contributed by atoms with van der Waals surface area (Å²) in [5.74, 6) is 0.000286. The van der Waals surface area contributed by atoms with Gasteiger partial charge in [0.15, 0.2) is 0 Å². The van der Waals surface area contributed by atoms with Gasteiger partial charge < -0.3 is 9.64 Å². The number of nitrogens with zero attached hydrogens (tertiary/aromatic N) is 4. The quantitative estimate of drug-likeness (QED) is 0.344. The third-order valence-electron chi connectivity index (χ3n) is 4.18. The number of ether oxygens (including phenoxy) is 1. The second-order valence-electron chi connectivity index (χ2n) is 6.52. The fourth-order valence-electron chi connectivity index (χ4n) is 2.82. The van der Waals surface area contributed by atoms with E-state index in [1.54, 1.807) is 28.9 Å². The molecule has 0 saturated heterocycles. The molecule has 0 radical (unpaired) electrons. The van der Waals surface area contributed by atoms with Gasteiger partial charge in [-0.15, -0.1) is 5.10 Å². The lowest BCUT2D eigenvalue weighted by Crippen LogP contribution is -2.15.